The first-order valence-electron chi connectivity index (χ1n) is 16.6. The molecule has 5 heteroatoms. The molecule has 0 aliphatic carbocycles. The molecule has 5 nitrogen and oxygen atoms in total. The fourth-order valence-corrected chi connectivity index (χ4v) is 4.23. The fraction of sp³-hybridized carbons (Fsp3) is 0.579. The van der Waals surface area contributed by atoms with Crippen molar-refractivity contribution in [3.05, 3.63) is 97.2 Å². The van der Waals surface area contributed by atoms with E-state index in [0.717, 1.165) is 77.0 Å². The zero-order valence-electron chi connectivity index (χ0n) is 27.5. The molecule has 0 spiro atoms. The SMILES string of the molecule is CCCCC=CC=CC(C=CC=CCCCC)(OC(C=CC=CCCCC)(C=CC=CCCCC)C(O)CO)C(O)CO. The second-order valence-corrected chi connectivity index (χ2v) is 10.9. The van der Waals surface area contributed by atoms with E-state index in [1.807, 2.05) is 24.3 Å². The molecule has 0 aromatic carbocycles. The summed E-state index contributed by atoms with van der Waals surface area (Å²) in [6, 6.07) is 0. The molecule has 0 aliphatic heterocycles. The lowest BCUT2D eigenvalue weighted by atomic mass is 9.89. The first kappa shape index (κ1) is 40.7. The maximum Gasteiger partial charge on any atom is 0.135 e. The molecule has 4 N–H and O–H groups in total. The molecule has 0 rings (SSSR count). The van der Waals surface area contributed by atoms with Crippen LogP contribution in [0.4, 0.5) is 0 Å². The van der Waals surface area contributed by atoms with Gasteiger partial charge >= 0.3 is 0 Å². The van der Waals surface area contributed by atoms with E-state index in [-0.39, 0.29) is 0 Å². The van der Waals surface area contributed by atoms with Gasteiger partial charge < -0.3 is 25.2 Å². The molecule has 0 bridgehead atoms. The van der Waals surface area contributed by atoms with Crippen molar-refractivity contribution in [3.63, 3.8) is 0 Å². The van der Waals surface area contributed by atoms with E-state index < -0.39 is 36.6 Å². The Bertz CT molecular complexity index is 762. The summed E-state index contributed by atoms with van der Waals surface area (Å²) in [6.07, 6.45) is 39.6. The smallest absolute Gasteiger partial charge is 0.135 e. The van der Waals surface area contributed by atoms with Crippen LogP contribution in [0.1, 0.15) is 105 Å². The molecule has 0 fully saturated rings. The summed E-state index contributed by atoms with van der Waals surface area (Å²) in [5, 5.41) is 42.9. The zero-order valence-corrected chi connectivity index (χ0v) is 27.5. The van der Waals surface area contributed by atoms with E-state index in [0.29, 0.717) is 0 Å². The quantitative estimate of drug-likeness (QED) is 0.0593. The molecule has 0 saturated carbocycles. The van der Waals surface area contributed by atoms with Crippen LogP contribution in [0.3, 0.4) is 0 Å². The summed E-state index contributed by atoms with van der Waals surface area (Å²) < 4.78 is 6.74. The summed E-state index contributed by atoms with van der Waals surface area (Å²) >= 11 is 0. The van der Waals surface area contributed by atoms with Crippen molar-refractivity contribution in [1.29, 1.82) is 0 Å². The third-order valence-electron chi connectivity index (χ3n) is 7.05. The molecular formula is C38H62O5. The molecule has 244 valence electrons. The fourth-order valence-electron chi connectivity index (χ4n) is 4.23. The maximum absolute atomic E-state index is 11.3. The number of aliphatic hydroxyl groups excluding tert-OH is 4. The Kier molecular flexibility index (Phi) is 25.8. The van der Waals surface area contributed by atoms with Crippen LogP contribution >= 0.6 is 0 Å². The number of hydrogen-bond acceptors (Lipinski definition) is 5. The van der Waals surface area contributed by atoms with Gasteiger partial charge in [-0.25, -0.2) is 0 Å². The summed E-state index contributed by atoms with van der Waals surface area (Å²) in [5.74, 6) is 0. The second kappa shape index (κ2) is 27.3. The van der Waals surface area contributed by atoms with Crippen molar-refractivity contribution in [3.8, 4) is 0 Å². The molecule has 0 aliphatic rings. The number of ether oxygens (including phenoxy) is 1. The highest BCUT2D eigenvalue weighted by Gasteiger charge is 2.44. The second-order valence-electron chi connectivity index (χ2n) is 10.9. The highest BCUT2D eigenvalue weighted by molar-refractivity contribution is 5.30. The average Bonchev–Trinajstić information content (AvgIpc) is 3.02. The minimum absolute atomic E-state index is 0.569. The Balaban J connectivity index is 6.95. The molecule has 0 aromatic heterocycles. The highest BCUT2D eigenvalue weighted by Crippen LogP contribution is 2.33. The van der Waals surface area contributed by atoms with Gasteiger partial charge in [0, 0.05) is 0 Å². The third kappa shape index (κ3) is 18.2. The predicted octanol–water partition coefficient (Wildman–Crippen LogP) is 8.40. The first-order valence-corrected chi connectivity index (χ1v) is 16.6. The zero-order chi connectivity index (χ0) is 32.1. The summed E-state index contributed by atoms with van der Waals surface area (Å²) in [6.45, 7) is 7.43. The van der Waals surface area contributed by atoms with Gasteiger partial charge in [-0.2, -0.15) is 0 Å². The van der Waals surface area contributed by atoms with E-state index in [2.05, 4.69) is 52.0 Å². The normalized spacial score (nSPS) is 17.7. The first-order chi connectivity index (χ1) is 20.9. The third-order valence-corrected chi connectivity index (χ3v) is 7.05. The summed E-state index contributed by atoms with van der Waals surface area (Å²) in [4.78, 5) is 0. The summed E-state index contributed by atoms with van der Waals surface area (Å²) in [7, 11) is 0. The molecule has 2 atom stereocenters. The molecule has 43 heavy (non-hydrogen) atoms. The Morgan fingerprint density at radius 2 is 0.721 bits per heavy atom. The van der Waals surface area contributed by atoms with E-state index in [4.69, 9.17) is 4.74 Å². The van der Waals surface area contributed by atoms with Gasteiger partial charge in [0.2, 0.25) is 0 Å². The van der Waals surface area contributed by atoms with Crippen LogP contribution < -0.4 is 0 Å². The maximum atomic E-state index is 11.3. The summed E-state index contributed by atoms with van der Waals surface area (Å²) in [5.41, 5.74) is -3.05. The van der Waals surface area contributed by atoms with E-state index in [1.54, 1.807) is 48.6 Å². The molecule has 0 radical (unpaired) electrons. The number of allylic oxidation sites excluding steroid dienone is 12. The van der Waals surface area contributed by atoms with Gasteiger partial charge in [-0.3, -0.25) is 0 Å². The number of rotatable bonds is 26. The van der Waals surface area contributed by atoms with Gasteiger partial charge in [-0.15, -0.1) is 0 Å². The van der Waals surface area contributed by atoms with Crippen LogP contribution in [0.15, 0.2) is 97.2 Å². The number of unbranched alkanes of at least 4 members (excludes halogenated alkanes) is 8. The monoisotopic (exact) mass is 598 g/mol. The van der Waals surface area contributed by atoms with E-state index in [9.17, 15) is 20.4 Å². The Morgan fingerprint density at radius 3 is 0.930 bits per heavy atom. The lowest BCUT2D eigenvalue weighted by Gasteiger charge is -2.42. The van der Waals surface area contributed by atoms with Crippen LogP contribution in [0.2, 0.25) is 0 Å². The van der Waals surface area contributed by atoms with Crippen molar-refractivity contribution in [1.82, 2.24) is 0 Å². The number of aliphatic hydroxyl groups is 4. The molecule has 2 unspecified atom stereocenters. The number of hydrogen-bond donors (Lipinski definition) is 4. The molecule has 0 amide bonds. The Hall–Kier alpha value is -2.28. The lowest BCUT2D eigenvalue weighted by Crippen LogP contribution is -2.54. The standard InChI is InChI=1S/C38H62O5/c1-5-9-13-17-21-25-29-37(35(41)33-39,30-26-22-18-14-10-6-2)43-38(36(42)34-40,31-27-23-19-15-11-7-3)32-28-24-20-16-12-8-4/h17-32,35-36,39-42H,5-16,33-34H2,1-4H3. The average molecular weight is 599 g/mol. The Labute approximate surface area is 263 Å². The van der Waals surface area contributed by atoms with Crippen molar-refractivity contribution >= 4 is 0 Å². The van der Waals surface area contributed by atoms with E-state index >= 15 is 0 Å². The van der Waals surface area contributed by atoms with Crippen LogP contribution in [0.25, 0.3) is 0 Å². The van der Waals surface area contributed by atoms with E-state index in [1.165, 1.54) is 0 Å². The van der Waals surface area contributed by atoms with Gasteiger partial charge in [0.1, 0.15) is 23.4 Å². The van der Waals surface area contributed by atoms with Crippen LogP contribution in [-0.4, -0.2) is 57.0 Å². The van der Waals surface area contributed by atoms with Crippen LogP contribution in [0, 0.1) is 0 Å². The predicted molar refractivity (Wildman–Crippen MR) is 184 cm³/mol. The van der Waals surface area contributed by atoms with Crippen molar-refractivity contribution < 1.29 is 25.2 Å². The van der Waals surface area contributed by atoms with Gasteiger partial charge in [0.05, 0.1) is 13.2 Å². The topological polar surface area (TPSA) is 90.2 Å². The molecular weight excluding hydrogens is 536 g/mol. The van der Waals surface area contributed by atoms with Crippen molar-refractivity contribution in [2.24, 2.45) is 0 Å². The van der Waals surface area contributed by atoms with Crippen LogP contribution in [-0.2, 0) is 4.74 Å². The van der Waals surface area contributed by atoms with Gasteiger partial charge in [0.15, 0.2) is 0 Å². The largest absolute Gasteiger partial charge is 0.394 e. The van der Waals surface area contributed by atoms with Gasteiger partial charge in [-0.05, 0) is 50.0 Å². The lowest BCUT2D eigenvalue weighted by molar-refractivity contribution is -0.165. The van der Waals surface area contributed by atoms with Gasteiger partial charge in [-0.1, -0.05) is 152 Å². The molecule has 0 saturated heterocycles. The van der Waals surface area contributed by atoms with Gasteiger partial charge in [0.25, 0.3) is 0 Å². The Morgan fingerprint density at radius 1 is 0.465 bits per heavy atom. The minimum Gasteiger partial charge on any atom is -0.394 e. The molecule has 0 aromatic rings. The minimum atomic E-state index is -1.53. The van der Waals surface area contributed by atoms with Crippen LogP contribution in [0.5, 0.6) is 0 Å². The molecule has 0 heterocycles. The highest BCUT2D eigenvalue weighted by atomic mass is 16.6. The van der Waals surface area contributed by atoms with Crippen molar-refractivity contribution in [2.75, 3.05) is 13.2 Å². The van der Waals surface area contributed by atoms with Crippen molar-refractivity contribution in [2.45, 2.75) is 128 Å².